The molecule has 1 aromatic rings. The number of alkyl halides is 3. The van der Waals surface area contributed by atoms with Crippen LogP contribution in [0, 0.1) is 0 Å². The van der Waals surface area contributed by atoms with Crippen LogP contribution in [0.25, 0.3) is 0 Å². The largest absolute Gasteiger partial charge is 0.416 e. The molecule has 0 aromatic heterocycles. The molecule has 1 nitrogen and oxygen atoms in total. The van der Waals surface area contributed by atoms with E-state index in [1.165, 1.54) is 18.6 Å². The predicted octanol–water partition coefficient (Wildman–Crippen LogP) is 3.94. The van der Waals surface area contributed by atoms with Gasteiger partial charge in [0.15, 0.2) is 0 Å². The highest BCUT2D eigenvalue weighted by molar-refractivity contribution is 7.98. The van der Waals surface area contributed by atoms with E-state index in [1.54, 1.807) is 0 Å². The van der Waals surface area contributed by atoms with Crippen LogP contribution in [-0.4, -0.2) is 18.6 Å². The Morgan fingerprint density at radius 3 is 2.33 bits per heavy atom. The van der Waals surface area contributed by atoms with Crippen molar-refractivity contribution >= 4 is 11.8 Å². The monoisotopic (exact) mass is 277 g/mol. The van der Waals surface area contributed by atoms with E-state index < -0.39 is 11.7 Å². The lowest BCUT2D eigenvalue weighted by atomic mass is 10.1. The maximum absolute atomic E-state index is 12.3. The minimum atomic E-state index is -4.25. The Morgan fingerprint density at radius 2 is 1.78 bits per heavy atom. The van der Waals surface area contributed by atoms with Crippen molar-refractivity contribution in [2.24, 2.45) is 0 Å². The van der Waals surface area contributed by atoms with Gasteiger partial charge in [0.2, 0.25) is 0 Å². The highest BCUT2D eigenvalue weighted by Crippen LogP contribution is 2.28. The molecule has 0 saturated carbocycles. The Morgan fingerprint density at radius 1 is 1.11 bits per heavy atom. The molecule has 0 aliphatic heterocycles. The average molecular weight is 277 g/mol. The van der Waals surface area contributed by atoms with Crippen LogP contribution in [0.4, 0.5) is 13.2 Å². The van der Waals surface area contributed by atoms with E-state index >= 15 is 0 Å². The third kappa shape index (κ3) is 5.78. The van der Waals surface area contributed by atoms with Gasteiger partial charge in [0.25, 0.3) is 0 Å². The van der Waals surface area contributed by atoms with Crippen LogP contribution in [0.1, 0.15) is 24.0 Å². The van der Waals surface area contributed by atoms with Crippen molar-refractivity contribution in [2.45, 2.75) is 25.6 Å². The topological polar surface area (TPSA) is 12.0 Å². The third-order valence-electron chi connectivity index (χ3n) is 2.56. The van der Waals surface area contributed by atoms with Crippen molar-refractivity contribution in [3.05, 3.63) is 35.4 Å². The molecule has 5 heteroatoms. The number of benzene rings is 1. The Bertz CT molecular complexity index is 335. The van der Waals surface area contributed by atoms with Crippen LogP contribution < -0.4 is 5.32 Å². The first-order valence-corrected chi connectivity index (χ1v) is 7.29. The molecular weight excluding hydrogens is 259 g/mol. The van der Waals surface area contributed by atoms with Crippen LogP contribution in [0.2, 0.25) is 0 Å². The van der Waals surface area contributed by atoms with Crippen LogP contribution in [0.5, 0.6) is 0 Å². The maximum atomic E-state index is 12.3. The lowest BCUT2D eigenvalue weighted by molar-refractivity contribution is -0.137. The summed E-state index contributed by atoms with van der Waals surface area (Å²) in [5.41, 5.74) is 0.291. The van der Waals surface area contributed by atoms with E-state index in [-0.39, 0.29) is 0 Å². The summed E-state index contributed by atoms with van der Waals surface area (Å²) in [6, 6.07) is 5.31. The van der Waals surface area contributed by atoms with Crippen molar-refractivity contribution in [3.63, 3.8) is 0 Å². The van der Waals surface area contributed by atoms with E-state index in [0.29, 0.717) is 6.54 Å². The SMILES string of the molecule is CSCCCCNCc1ccc(C(F)(F)F)cc1. The molecule has 0 saturated heterocycles. The number of hydrogen-bond donors (Lipinski definition) is 1. The summed E-state index contributed by atoms with van der Waals surface area (Å²) in [6.45, 7) is 1.53. The Balaban J connectivity index is 2.27. The molecule has 1 rings (SSSR count). The Labute approximate surface area is 110 Å². The zero-order chi connectivity index (χ0) is 13.4. The van der Waals surface area contributed by atoms with Gasteiger partial charge >= 0.3 is 6.18 Å². The van der Waals surface area contributed by atoms with Crippen molar-refractivity contribution in [2.75, 3.05) is 18.6 Å². The molecule has 0 amide bonds. The highest BCUT2D eigenvalue weighted by Gasteiger charge is 2.29. The summed E-state index contributed by atoms with van der Waals surface area (Å²) in [7, 11) is 0. The van der Waals surface area contributed by atoms with Gasteiger partial charge in [-0.2, -0.15) is 24.9 Å². The maximum Gasteiger partial charge on any atom is 0.416 e. The molecule has 0 aliphatic rings. The van der Waals surface area contributed by atoms with Gasteiger partial charge in [-0.25, -0.2) is 0 Å². The fourth-order valence-electron chi connectivity index (χ4n) is 1.54. The lowest BCUT2D eigenvalue weighted by Gasteiger charge is -2.08. The van der Waals surface area contributed by atoms with Crippen LogP contribution in [0.3, 0.4) is 0 Å². The average Bonchev–Trinajstić information content (AvgIpc) is 2.33. The molecule has 18 heavy (non-hydrogen) atoms. The minimum Gasteiger partial charge on any atom is -0.313 e. The smallest absolute Gasteiger partial charge is 0.313 e. The molecule has 1 N–H and O–H groups in total. The standard InChI is InChI=1S/C13H18F3NS/c1-18-9-3-2-8-17-10-11-4-6-12(7-5-11)13(14,15)16/h4-7,17H,2-3,8-10H2,1H3. The highest BCUT2D eigenvalue weighted by atomic mass is 32.2. The molecule has 1 aromatic carbocycles. The van der Waals surface area contributed by atoms with E-state index in [4.69, 9.17) is 0 Å². The Hall–Kier alpha value is -0.680. The third-order valence-corrected chi connectivity index (χ3v) is 3.26. The van der Waals surface area contributed by atoms with E-state index in [2.05, 4.69) is 11.6 Å². The summed E-state index contributed by atoms with van der Waals surface area (Å²) >= 11 is 1.83. The normalized spacial score (nSPS) is 11.8. The molecule has 0 fully saturated rings. The second-order valence-corrected chi connectivity index (χ2v) is 5.06. The number of rotatable bonds is 7. The van der Waals surface area contributed by atoms with Crippen molar-refractivity contribution in [1.29, 1.82) is 0 Å². The number of unbranched alkanes of at least 4 members (excludes halogenated alkanes) is 1. The molecule has 0 heterocycles. The number of hydrogen-bond acceptors (Lipinski definition) is 2. The molecule has 0 unspecified atom stereocenters. The molecule has 0 bridgehead atoms. The molecule has 0 atom stereocenters. The molecular formula is C13H18F3NS. The molecule has 102 valence electrons. The van der Waals surface area contributed by atoms with Gasteiger partial charge in [-0.05, 0) is 49.1 Å². The molecule has 0 radical (unpaired) electrons. The van der Waals surface area contributed by atoms with Gasteiger partial charge in [0, 0.05) is 6.54 Å². The second-order valence-electron chi connectivity index (χ2n) is 4.07. The predicted molar refractivity (Wildman–Crippen MR) is 70.8 cm³/mol. The van der Waals surface area contributed by atoms with Gasteiger partial charge in [0.1, 0.15) is 0 Å². The van der Waals surface area contributed by atoms with Crippen molar-refractivity contribution in [1.82, 2.24) is 5.32 Å². The molecule has 0 spiro atoms. The first-order valence-electron chi connectivity index (χ1n) is 5.90. The Kier molecular flexibility index (Phi) is 6.57. The summed E-state index contributed by atoms with van der Waals surface area (Å²) in [5, 5.41) is 3.23. The van der Waals surface area contributed by atoms with Crippen molar-refractivity contribution in [3.8, 4) is 0 Å². The van der Waals surface area contributed by atoms with Crippen molar-refractivity contribution < 1.29 is 13.2 Å². The van der Waals surface area contributed by atoms with Crippen LogP contribution >= 0.6 is 11.8 Å². The lowest BCUT2D eigenvalue weighted by Crippen LogP contribution is -2.15. The van der Waals surface area contributed by atoms with Crippen LogP contribution in [0.15, 0.2) is 24.3 Å². The van der Waals surface area contributed by atoms with E-state index in [0.717, 1.165) is 36.4 Å². The van der Waals surface area contributed by atoms with E-state index in [1.807, 2.05) is 11.8 Å². The van der Waals surface area contributed by atoms with Gasteiger partial charge in [-0.1, -0.05) is 12.1 Å². The fourth-order valence-corrected chi connectivity index (χ4v) is 2.03. The zero-order valence-corrected chi connectivity index (χ0v) is 11.2. The summed E-state index contributed by atoms with van der Waals surface area (Å²) in [4.78, 5) is 0. The molecule has 0 aliphatic carbocycles. The van der Waals surface area contributed by atoms with Gasteiger partial charge in [-0.15, -0.1) is 0 Å². The number of halogens is 3. The van der Waals surface area contributed by atoms with Crippen LogP contribution in [-0.2, 0) is 12.7 Å². The number of nitrogens with one attached hydrogen (secondary N) is 1. The summed E-state index contributed by atoms with van der Waals surface area (Å²) in [6.07, 6.45) is 0.0993. The summed E-state index contributed by atoms with van der Waals surface area (Å²) < 4.78 is 37.0. The first-order chi connectivity index (χ1) is 8.54. The first kappa shape index (κ1) is 15.4. The summed E-state index contributed by atoms with van der Waals surface area (Å²) in [5.74, 6) is 1.15. The second kappa shape index (κ2) is 7.69. The number of thioether (sulfide) groups is 1. The van der Waals surface area contributed by atoms with E-state index in [9.17, 15) is 13.2 Å². The van der Waals surface area contributed by atoms with Gasteiger partial charge in [0.05, 0.1) is 5.56 Å². The zero-order valence-electron chi connectivity index (χ0n) is 10.4. The minimum absolute atomic E-state index is 0.591. The van der Waals surface area contributed by atoms with Gasteiger partial charge < -0.3 is 5.32 Å². The fraction of sp³-hybridized carbons (Fsp3) is 0.538. The van der Waals surface area contributed by atoms with Gasteiger partial charge in [-0.3, -0.25) is 0 Å². The quantitative estimate of drug-likeness (QED) is 0.758.